The molecule has 0 heterocycles. The Morgan fingerprint density at radius 3 is 1.26 bits per heavy atom. The zero-order valence-electron chi connectivity index (χ0n) is 13.2. The van der Waals surface area contributed by atoms with Crippen LogP contribution in [0.3, 0.4) is 0 Å². The zero-order chi connectivity index (χ0) is 15.0. The second-order valence-corrected chi connectivity index (χ2v) is 5.95. The average molecular weight is 315 g/mol. The molecule has 0 atom stereocenters. The van der Waals surface area contributed by atoms with Crippen LogP contribution in [-0.4, -0.2) is 66.3 Å². The third-order valence-electron chi connectivity index (χ3n) is 1.78. The summed E-state index contributed by atoms with van der Waals surface area (Å²) >= 11 is 0. The average Bonchev–Trinajstić information content (AvgIpc) is 2.38. The molecule has 19 heavy (non-hydrogen) atoms. The molecule has 0 rings (SSSR count). The Balaban J connectivity index is 0. The molecule has 0 aromatic heterocycles. The van der Waals surface area contributed by atoms with Crippen molar-refractivity contribution in [3.8, 4) is 0 Å². The summed E-state index contributed by atoms with van der Waals surface area (Å²) in [7, 11) is -0.305. The van der Waals surface area contributed by atoms with Gasteiger partial charge < -0.3 is 26.9 Å². The predicted molar refractivity (Wildman–Crippen MR) is 80.0 cm³/mol. The molecule has 0 aromatic carbocycles. The van der Waals surface area contributed by atoms with E-state index < -0.39 is 9.05 Å². The van der Waals surface area contributed by atoms with Crippen molar-refractivity contribution in [1.82, 2.24) is 0 Å². The number of hydrogen-bond donors (Lipinski definition) is 0. The second-order valence-electron chi connectivity index (χ2n) is 3.22. The molecular weight excluding hydrogens is 284 g/mol. The van der Waals surface area contributed by atoms with Crippen LogP contribution in [0.1, 0.15) is 27.7 Å². The largest absolute Gasteiger partial charge is 0.679 e. The summed E-state index contributed by atoms with van der Waals surface area (Å²) < 4.78 is 31.2. The number of hydrogen-bond acceptors (Lipinski definition) is 6. The molecule has 0 bridgehead atoms. The number of ether oxygens (including phenoxy) is 1. The lowest BCUT2D eigenvalue weighted by Gasteiger charge is -2.26. The molecule has 6 nitrogen and oxygen atoms in total. The van der Waals surface area contributed by atoms with Crippen LogP contribution >= 0.6 is 0 Å². The molecule has 0 aromatic rings. The van der Waals surface area contributed by atoms with Crippen molar-refractivity contribution in [3.05, 3.63) is 0 Å². The van der Waals surface area contributed by atoms with Gasteiger partial charge in [-0.25, -0.2) is 0 Å². The van der Waals surface area contributed by atoms with Crippen LogP contribution in [0, 0.1) is 0 Å². The van der Waals surface area contributed by atoms with E-state index in [1.165, 1.54) is 0 Å². The van der Waals surface area contributed by atoms with E-state index in [0.29, 0.717) is 26.4 Å². The van der Waals surface area contributed by atoms with Gasteiger partial charge >= 0.3 is 9.05 Å². The smallest absolute Gasteiger partial charge is 0.426 e. The summed E-state index contributed by atoms with van der Waals surface area (Å²) in [6, 6.07) is 0. The van der Waals surface area contributed by atoms with Gasteiger partial charge in [-0.2, -0.15) is 0 Å². The first-order valence-corrected chi connectivity index (χ1v) is 9.14. The van der Waals surface area contributed by atoms with Crippen molar-refractivity contribution >= 4 is 19.5 Å². The second kappa shape index (κ2) is 16.2. The Hall–Kier alpha value is 0.194. The highest BCUT2D eigenvalue weighted by Gasteiger charge is 2.44. The lowest BCUT2D eigenvalue weighted by molar-refractivity contribution is -0.0247. The summed E-state index contributed by atoms with van der Waals surface area (Å²) in [5.74, 6) is 0. The third-order valence-corrected chi connectivity index (χ3v) is 4.75. The van der Waals surface area contributed by atoms with Crippen LogP contribution in [-0.2, 0) is 26.9 Å². The topological polar surface area (TPSA) is 55.4 Å². The molecule has 0 aliphatic heterocycles. The zero-order valence-corrected chi connectivity index (χ0v) is 16.2. The molecule has 118 valence electrons. The fourth-order valence-electron chi connectivity index (χ4n) is 1.12. The van der Waals surface area contributed by atoms with E-state index in [9.17, 15) is 0 Å². The van der Waals surface area contributed by atoms with E-state index in [1.807, 2.05) is 27.7 Å². The van der Waals surface area contributed by atoms with Crippen molar-refractivity contribution in [2.75, 3.05) is 46.8 Å². The Morgan fingerprint density at radius 2 is 1.11 bits per heavy atom. The molecule has 0 unspecified atom stereocenters. The highest BCUT2D eigenvalue weighted by atomic mass is 28.4. The van der Waals surface area contributed by atoms with Gasteiger partial charge in [0.2, 0.25) is 0 Å². The van der Waals surface area contributed by atoms with E-state index in [2.05, 4.69) is 4.74 Å². The Kier molecular flexibility index (Phi) is 18.4. The van der Waals surface area contributed by atoms with E-state index in [-0.39, 0.29) is 0 Å². The number of methoxy groups -OCH3 is 1. The molecule has 0 amide bonds. The Bertz CT molecular complexity index is 140. The van der Waals surface area contributed by atoms with Crippen LogP contribution in [0.5, 0.6) is 0 Å². The van der Waals surface area contributed by atoms with Crippen LogP contribution < -0.4 is 0 Å². The van der Waals surface area contributed by atoms with Crippen LogP contribution in [0.15, 0.2) is 0 Å². The van der Waals surface area contributed by atoms with Gasteiger partial charge in [0.25, 0.3) is 0 Å². The van der Waals surface area contributed by atoms with Gasteiger partial charge in [0.05, 0.1) is 13.2 Å². The van der Waals surface area contributed by atoms with Gasteiger partial charge in [0.1, 0.15) is 10.5 Å². The van der Waals surface area contributed by atoms with Crippen LogP contribution in [0.2, 0.25) is 0 Å². The van der Waals surface area contributed by atoms with Crippen LogP contribution in [0.25, 0.3) is 0 Å². The minimum Gasteiger partial charge on any atom is -0.426 e. The van der Waals surface area contributed by atoms with Crippen LogP contribution in [0.4, 0.5) is 0 Å². The van der Waals surface area contributed by atoms with Gasteiger partial charge in [0, 0.05) is 33.5 Å². The molecule has 0 aliphatic rings. The first-order valence-electron chi connectivity index (χ1n) is 6.69. The SMILES string of the molecule is CCO[Si](OCC)(OCC)OCC.COCCO[SiH3]. The molecule has 0 fully saturated rings. The first-order chi connectivity index (χ1) is 9.16. The molecule has 0 radical (unpaired) electrons. The normalized spacial score (nSPS) is 11.2. The standard InChI is InChI=1S/C8H20O4Si.C3H10O2Si/c1-5-9-13(10-6-2,11-7-3)12-8-4;1-4-2-3-5-6/h5-8H2,1-4H3;2-3H2,1,6H3. The fraction of sp³-hybridized carbons (Fsp3) is 1.00. The van der Waals surface area contributed by atoms with E-state index >= 15 is 0 Å². The summed E-state index contributed by atoms with van der Waals surface area (Å²) in [6.07, 6.45) is 0. The first kappa shape index (κ1) is 21.5. The van der Waals surface area contributed by atoms with E-state index in [0.717, 1.165) is 23.7 Å². The third kappa shape index (κ3) is 13.0. The van der Waals surface area contributed by atoms with Gasteiger partial charge in [0.15, 0.2) is 0 Å². The van der Waals surface area contributed by atoms with E-state index in [1.54, 1.807) is 7.11 Å². The Labute approximate surface area is 121 Å². The van der Waals surface area contributed by atoms with Gasteiger partial charge in [-0.05, 0) is 27.7 Å². The maximum atomic E-state index is 5.42. The molecule has 0 saturated carbocycles. The quantitative estimate of drug-likeness (QED) is 0.409. The van der Waals surface area contributed by atoms with Gasteiger partial charge in [-0.3, -0.25) is 0 Å². The van der Waals surface area contributed by atoms with Crippen molar-refractivity contribution in [3.63, 3.8) is 0 Å². The minimum absolute atomic E-state index is 0.548. The highest BCUT2D eigenvalue weighted by molar-refractivity contribution is 6.53. The Morgan fingerprint density at radius 1 is 0.737 bits per heavy atom. The van der Waals surface area contributed by atoms with Gasteiger partial charge in [-0.15, -0.1) is 0 Å². The summed E-state index contributed by atoms with van der Waals surface area (Å²) in [5, 5.41) is 0. The molecule has 0 N–H and O–H groups in total. The van der Waals surface area contributed by atoms with Crippen molar-refractivity contribution in [1.29, 1.82) is 0 Å². The molecule has 8 heteroatoms. The van der Waals surface area contributed by atoms with Crippen molar-refractivity contribution < 1.29 is 26.9 Å². The summed E-state index contributed by atoms with van der Waals surface area (Å²) in [4.78, 5) is 0. The molecular formula is C11H30O6Si2. The molecule has 0 spiro atoms. The predicted octanol–water partition coefficient (Wildman–Crippen LogP) is 0.498. The maximum absolute atomic E-state index is 5.42. The summed E-state index contributed by atoms with van der Waals surface area (Å²) in [5.41, 5.74) is 0. The minimum atomic E-state index is -2.80. The monoisotopic (exact) mass is 314 g/mol. The maximum Gasteiger partial charge on any atom is 0.679 e. The lowest BCUT2D eigenvalue weighted by atomic mass is 10.8. The number of rotatable bonds is 11. The van der Waals surface area contributed by atoms with E-state index in [4.69, 9.17) is 22.1 Å². The summed E-state index contributed by atoms with van der Waals surface area (Å²) in [6.45, 7) is 11.3. The lowest BCUT2D eigenvalue weighted by Crippen LogP contribution is -2.49. The fourth-order valence-corrected chi connectivity index (χ4v) is 3.20. The van der Waals surface area contributed by atoms with Crippen molar-refractivity contribution in [2.45, 2.75) is 27.7 Å². The highest BCUT2D eigenvalue weighted by Crippen LogP contribution is 2.11. The molecule has 0 aliphatic carbocycles. The molecule has 0 saturated heterocycles. The van der Waals surface area contributed by atoms with Gasteiger partial charge in [-0.1, -0.05) is 0 Å². The van der Waals surface area contributed by atoms with Crippen molar-refractivity contribution in [2.24, 2.45) is 0 Å².